The molecule has 0 radical (unpaired) electrons. The minimum absolute atomic E-state index is 0.0714. The molecule has 0 bridgehead atoms. The van der Waals surface area contributed by atoms with Gasteiger partial charge in [0.05, 0.1) is 0 Å². The van der Waals surface area contributed by atoms with Gasteiger partial charge in [0.1, 0.15) is 10.7 Å². The van der Waals surface area contributed by atoms with Crippen molar-refractivity contribution in [2.75, 3.05) is 0 Å². The molecule has 0 aliphatic carbocycles. The van der Waals surface area contributed by atoms with Crippen LogP contribution in [0.2, 0.25) is 5.02 Å². The third kappa shape index (κ3) is 5.97. The predicted octanol–water partition coefficient (Wildman–Crippen LogP) is 6.64. The number of aromatic nitrogens is 3. The zero-order valence-corrected chi connectivity index (χ0v) is 21.1. The number of rotatable bonds is 5. The highest BCUT2D eigenvalue weighted by molar-refractivity contribution is 8.04. The molecule has 0 amide bonds. The fourth-order valence-electron chi connectivity index (χ4n) is 3.30. The number of benzene rings is 2. The van der Waals surface area contributed by atoms with E-state index in [1.807, 2.05) is 65.8 Å². The lowest BCUT2D eigenvalue weighted by Gasteiger charge is -2.28. The summed E-state index contributed by atoms with van der Waals surface area (Å²) in [4.78, 5) is 16.5. The first-order chi connectivity index (χ1) is 15.3. The van der Waals surface area contributed by atoms with Gasteiger partial charge in [-0.2, -0.15) is 0 Å². The van der Waals surface area contributed by atoms with E-state index in [1.54, 1.807) is 18.2 Å². The van der Waals surface area contributed by atoms with Crippen molar-refractivity contribution < 1.29 is 15.0 Å². The number of nitrogens with one attached hydrogen (secondary N) is 1. The number of aromatic hydroxyl groups is 1. The van der Waals surface area contributed by atoms with Gasteiger partial charge in [-0.25, -0.2) is 9.78 Å². The lowest BCUT2D eigenvalue weighted by atomic mass is 9.78. The molecule has 6 nitrogen and oxygen atoms in total. The number of thioether (sulfide) groups is 1. The molecule has 3 rings (SSSR count). The molecule has 3 aromatic rings. The van der Waals surface area contributed by atoms with E-state index in [1.165, 1.54) is 0 Å². The third-order valence-corrected chi connectivity index (χ3v) is 6.17. The Balaban J connectivity index is 2.01. The second kappa shape index (κ2) is 9.23. The number of H-pyrrole nitrogens is 1. The van der Waals surface area contributed by atoms with E-state index in [-0.39, 0.29) is 21.5 Å². The Morgan fingerprint density at radius 2 is 1.58 bits per heavy atom. The summed E-state index contributed by atoms with van der Waals surface area (Å²) in [7, 11) is 0. The van der Waals surface area contributed by atoms with Crippen molar-refractivity contribution in [2.24, 2.45) is 0 Å². The van der Waals surface area contributed by atoms with Crippen LogP contribution < -0.4 is 0 Å². The average molecular weight is 486 g/mol. The number of carboxylic acid groups (broad SMARTS) is 1. The lowest BCUT2D eigenvalue weighted by Crippen LogP contribution is -2.17. The summed E-state index contributed by atoms with van der Waals surface area (Å²) in [5.41, 5.74) is 2.38. The van der Waals surface area contributed by atoms with Crippen LogP contribution in [0.15, 0.2) is 46.5 Å². The van der Waals surface area contributed by atoms with Crippen LogP contribution in [0, 0.1) is 0 Å². The van der Waals surface area contributed by atoms with Gasteiger partial charge in [0.2, 0.25) is 5.16 Å². The number of aromatic amines is 1. The standard InChI is InChI=1S/C25H28ClN3O3S/c1-24(2,3)17-11-14(12-18(20(17)30)25(4,5)6)13-19(22(31)32)33-23-27-21(28-29-23)15-7-9-16(26)10-8-15/h7-13,30H,1-6H3,(H,31,32)(H,27,28,29)/b19-13-. The molecular formula is C25H28ClN3O3S. The van der Waals surface area contributed by atoms with Gasteiger partial charge in [0, 0.05) is 21.7 Å². The third-order valence-electron chi connectivity index (χ3n) is 5.04. The lowest BCUT2D eigenvalue weighted by molar-refractivity contribution is -0.131. The van der Waals surface area contributed by atoms with Gasteiger partial charge in [-0.05, 0) is 70.6 Å². The number of halogens is 1. The van der Waals surface area contributed by atoms with Gasteiger partial charge in [-0.3, -0.25) is 5.10 Å². The zero-order chi connectivity index (χ0) is 24.6. The van der Waals surface area contributed by atoms with Gasteiger partial charge >= 0.3 is 5.97 Å². The minimum atomic E-state index is -1.08. The molecule has 174 valence electrons. The maximum Gasteiger partial charge on any atom is 0.342 e. The molecule has 0 aliphatic heterocycles. The average Bonchev–Trinajstić information content (AvgIpc) is 3.16. The van der Waals surface area contributed by atoms with Crippen LogP contribution in [0.4, 0.5) is 0 Å². The highest BCUT2D eigenvalue weighted by atomic mass is 35.5. The van der Waals surface area contributed by atoms with Crippen molar-refractivity contribution >= 4 is 35.4 Å². The topological polar surface area (TPSA) is 99.1 Å². The van der Waals surface area contributed by atoms with Crippen LogP contribution in [0.25, 0.3) is 17.5 Å². The number of hydrogen-bond donors (Lipinski definition) is 3. The first-order valence-electron chi connectivity index (χ1n) is 10.4. The van der Waals surface area contributed by atoms with Gasteiger partial charge in [-0.1, -0.05) is 53.1 Å². The van der Waals surface area contributed by atoms with E-state index >= 15 is 0 Å². The van der Waals surface area contributed by atoms with E-state index in [9.17, 15) is 15.0 Å². The van der Waals surface area contributed by atoms with Crippen LogP contribution in [-0.4, -0.2) is 31.4 Å². The van der Waals surface area contributed by atoms with Crippen LogP contribution in [-0.2, 0) is 15.6 Å². The fourth-order valence-corrected chi connectivity index (χ4v) is 4.13. The maximum absolute atomic E-state index is 12.0. The number of carbonyl (C=O) groups is 1. The Kier molecular flexibility index (Phi) is 6.96. The summed E-state index contributed by atoms with van der Waals surface area (Å²) < 4.78 is 0. The molecule has 0 fully saturated rings. The van der Waals surface area contributed by atoms with Crippen molar-refractivity contribution in [1.29, 1.82) is 0 Å². The highest BCUT2D eigenvalue weighted by Gasteiger charge is 2.26. The molecule has 1 heterocycles. The Morgan fingerprint density at radius 1 is 1.03 bits per heavy atom. The Labute approximate surface area is 203 Å². The molecule has 0 atom stereocenters. The summed E-state index contributed by atoms with van der Waals surface area (Å²) in [6.07, 6.45) is 1.59. The second-order valence-electron chi connectivity index (χ2n) is 9.85. The summed E-state index contributed by atoms with van der Waals surface area (Å²) in [5, 5.41) is 28.7. The molecule has 0 saturated heterocycles. The van der Waals surface area contributed by atoms with Gasteiger partial charge in [0.25, 0.3) is 0 Å². The first-order valence-corrected chi connectivity index (χ1v) is 11.6. The first kappa shape index (κ1) is 24.9. The molecule has 0 aliphatic rings. The number of phenolic OH excluding ortho intramolecular Hbond substituents is 1. The molecule has 2 aromatic carbocycles. The molecule has 8 heteroatoms. The van der Waals surface area contributed by atoms with Crippen LogP contribution in [0.5, 0.6) is 5.75 Å². The van der Waals surface area contributed by atoms with Gasteiger partial charge in [0.15, 0.2) is 5.82 Å². The molecule has 33 heavy (non-hydrogen) atoms. The Morgan fingerprint density at radius 3 is 2.06 bits per heavy atom. The molecule has 0 unspecified atom stereocenters. The van der Waals surface area contributed by atoms with Crippen molar-refractivity contribution in [3.63, 3.8) is 0 Å². The van der Waals surface area contributed by atoms with Crippen molar-refractivity contribution in [3.8, 4) is 17.1 Å². The summed E-state index contributed by atoms with van der Waals surface area (Å²) in [5.74, 6) is -0.313. The number of phenols is 1. The number of nitrogens with zero attached hydrogens (tertiary/aromatic N) is 2. The van der Waals surface area contributed by atoms with Crippen LogP contribution in [0.1, 0.15) is 58.2 Å². The van der Waals surface area contributed by atoms with Crippen molar-refractivity contribution in [1.82, 2.24) is 15.2 Å². The van der Waals surface area contributed by atoms with E-state index in [2.05, 4.69) is 15.2 Å². The van der Waals surface area contributed by atoms with E-state index in [0.29, 0.717) is 21.6 Å². The van der Waals surface area contributed by atoms with Gasteiger partial charge in [-0.15, -0.1) is 5.10 Å². The molecule has 1 aromatic heterocycles. The Hall–Kier alpha value is -2.77. The maximum atomic E-state index is 12.0. The van der Waals surface area contributed by atoms with Crippen molar-refractivity contribution in [2.45, 2.75) is 57.5 Å². The second-order valence-corrected chi connectivity index (χ2v) is 11.3. The summed E-state index contributed by atoms with van der Waals surface area (Å²) in [6, 6.07) is 10.8. The summed E-state index contributed by atoms with van der Waals surface area (Å²) >= 11 is 6.90. The summed E-state index contributed by atoms with van der Waals surface area (Å²) in [6.45, 7) is 12.1. The van der Waals surface area contributed by atoms with E-state index in [0.717, 1.165) is 28.5 Å². The molecule has 0 spiro atoms. The number of aliphatic carboxylic acids is 1. The molecule has 3 N–H and O–H groups in total. The van der Waals surface area contributed by atoms with Crippen LogP contribution in [0.3, 0.4) is 0 Å². The van der Waals surface area contributed by atoms with E-state index < -0.39 is 5.97 Å². The predicted molar refractivity (Wildman–Crippen MR) is 134 cm³/mol. The molecule has 0 saturated carbocycles. The smallest absolute Gasteiger partial charge is 0.342 e. The fraction of sp³-hybridized carbons (Fsp3) is 0.320. The van der Waals surface area contributed by atoms with Gasteiger partial charge < -0.3 is 10.2 Å². The highest BCUT2D eigenvalue weighted by Crippen LogP contribution is 2.40. The Bertz CT molecular complexity index is 1170. The largest absolute Gasteiger partial charge is 0.507 e. The van der Waals surface area contributed by atoms with E-state index in [4.69, 9.17) is 11.6 Å². The normalized spacial score (nSPS) is 12.8. The monoisotopic (exact) mass is 485 g/mol. The quantitative estimate of drug-likeness (QED) is 0.276. The number of carboxylic acids is 1. The minimum Gasteiger partial charge on any atom is -0.507 e. The zero-order valence-electron chi connectivity index (χ0n) is 19.5. The number of hydrogen-bond acceptors (Lipinski definition) is 5. The van der Waals surface area contributed by atoms with Crippen LogP contribution >= 0.6 is 23.4 Å². The molecular weight excluding hydrogens is 458 g/mol. The SMILES string of the molecule is CC(C)(C)c1cc(/C=C(\Sc2n[nH]c(-c3ccc(Cl)cc3)n2)C(=O)O)cc(C(C)(C)C)c1O. The van der Waals surface area contributed by atoms with Crippen molar-refractivity contribution in [3.05, 3.63) is 63.0 Å².